The predicted octanol–water partition coefficient (Wildman–Crippen LogP) is 2.53. The second kappa shape index (κ2) is 3.14. The summed E-state index contributed by atoms with van der Waals surface area (Å²) in [6.07, 6.45) is 2.60. The standard InChI is InChI=1S/C11H12ClNO/c12-9-3-1-2-8-10(6-14-11(8)9)13-7-4-5-7/h1-3,7,10,13H,4-6H2. The van der Waals surface area contributed by atoms with Gasteiger partial charge in [-0.2, -0.15) is 0 Å². The third kappa shape index (κ3) is 1.39. The molecule has 0 radical (unpaired) electrons. The predicted molar refractivity (Wildman–Crippen MR) is 55.8 cm³/mol. The van der Waals surface area contributed by atoms with Gasteiger partial charge in [-0.1, -0.05) is 23.7 Å². The van der Waals surface area contributed by atoms with Crippen molar-refractivity contribution in [3.63, 3.8) is 0 Å². The van der Waals surface area contributed by atoms with Crippen LogP contribution in [0, 0.1) is 0 Å². The van der Waals surface area contributed by atoms with Gasteiger partial charge in [0.05, 0.1) is 11.1 Å². The van der Waals surface area contributed by atoms with Crippen molar-refractivity contribution in [3.8, 4) is 5.75 Å². The molecule has 3 heteroatoms. The molecule has 0 amide bonds. The van der Waals surface area contributed by atoms with E-state index in [1.807, 2.05) is 12.1 Å². The molecule has 2 nitrogen and oxygen atoms in total. The van der Waals surface area contributed by atoms with Gasteiger partial charge in [0.25, 0.3) is 0 Å². The summed E-state index contributed by atoms with van der Waals surface area (Å²) < 4.78 is 5.58. The van der Waals surface area contributed by atoms with Crippen molar-refractivity contribution < 1.29 is 4.74 Å². The van der Waals surface area contributed by atoms with E-state index < -0.39 is 0 Å². The molecule has 0 saturated heterocycles. The molecule has 74 valence electrons. The zero-order valence-electron chi connectivity index (χ0n) is 7.79. The largest absolute Gasteiger partial charge is 0.490 e. The van der Waals surface area contributed by atoms with E-state index >= 15 is 0 Å². The van der Waals surface area contributed by atoms with Gasteiger partial charge in [0.1, 0.15) is 12.4 Å². The van der Waals surface area contributed by atoms with Crippen LogP contribution in [0.5, 0.6) is 5.75 Å². The fourth-order valence-electron chi connectivity index (χ4n) is 1.88. The molecule has 1 unspecified atom stereocenters. The summed E-state index contributed by atoms with van der Waals surface area (Å²) in [5.74, 6) is 0.868. The van der Waals surface area contributed by atoms with Gasteiger partial charge < -0.3 is 10.1 Å². The smallest absolute Gasteiger partial charge is 0.142 e. The molecular formula is C11H12ClNO. The molecule has 14 heavy (non-hydrogen) atoms. The molecule has 1 saturated carbocycles. The second-order valence-electron chi connectivity index (χ2n) is 3.96. The Kier molecular flexibility index (Phi) is 1.92. The van der Waals surface area contributed by atoms with E-state index in [1.54, 1.807) is 0 Å². The first-order chi connectivity index (χ1) is 6.84. The Morgan fingerprint density at radius 3 is 3.00 bits per heavy atom. The average Bonchev–Trinajstić information content (AvgIpc) is 2.88. The number of hydrogen-bond acceptors (Lipinski definition) is 2. The Morgan fingerprint density at radius 2 is 2.21 bits per heavy atom. The van der Waals surface area contributed by atoms with E-state index in [0.717, 1.165) is 17.4 Å². The SMILES string of the molecule is Clc1cccc2c1OCC2NC1CC1. The Morgan fingerprint density at radius 1 is 1.36 bits per heavy atom. The molecule has 3 rings (SSSR count). The van der Waals surface area contributed by atoms with Crippen LogP contribution >= 0.6 is 11.6 Å². The molecule has 2 aliphatic rings. The number of rotatable bonds is 2. The second-order valence-corrected chi connectivity index (χ2v) is 4.37. The van der Waals surface area contributed by atoms with Gasteiger partial charge in [0.2, 0.25) is 0 Å². The summed E-state index contributed by atoms with van der Waals surface area (Å²) in [4.78, 5) is 0. The highest BCUT2D eigenvalue weighted by atomic mass is 35.5. The topological polar surface area (TPSA) is 21.3 Å². The number of para-hydroxylation sites is 1. The summed E-state index contributed by atoms with van der Waals surface area (Å²) in [7, 11) is 0. The van der Waals surface area contributed by atoms with E-state index in [1.165, 1.54) is 18.4 Å². The lowest BCUT2D eigenvalue weighted by atomic mass is 10.1. The normalized spacial score (nSPS) is 24.5. The van der Waals surface area contributed by atoms with Gasteiger partial charge in [0, 0.05) is 11.6 Å². The lowest BCUT2D eigenvalue weighted by Crippen LogP contribution is -2.24. The highest BCUT2D eigenvalue weighted by molar-refractivity contribution is 6.32. The first kappa shape index (κ1) is 8.57. The van der Waals surface area contributed by atoms with E-state index in [0.29, 0.717) is 12.1 Å². The summed E-state index contributed by atoms with van der Waals surface area (Å²) in [5, 5.41) is 4.28. The zero-order chi connectivity index (χ0) is 9.54. The highest BCUT2D eigenvalue weighted by Gasteiger charge is 2.31. The van der Waals surface area contributed by atoms with Crippen LogP contribution in [0.1, 0.15) is 24.4 Å². The summed E-state index contributed by atoms with van der Waals surface area (Å²) in [6, 6.07) is 7.00. The summed E-state index contributed by atoms with van der Waals surface area (Å²) >= 11 is 6.03. The number of benzene rings is 1. The molecule has 1 aliphatic heterocycles. The van der Waals surface area contributed by atoms with E-state index in [-0.39, 0.29) is 0 Å². The minimum absolute atomic E-state index is 0.344. The Labute approximate surface area is 88.2 Å². The third-order valence-corrected chi connectivity index (χ3v) is 3.08. The molecule has 0 aromatic heterocycles. The lowest BCUT2D eigenvalue weighted by molar-refractivity contribution is 0.310. The highest BCUT2D eigenvalue weighted by Crippen LogP contribution is 2.39. The van der Waals surface area contributed by atoms with Crippen molar-refractivity contribution in [2.24, 2.45) is 0 Å². The van der Waals surface area contributed by atoms with Gasteiger partial charge in [-0.3, -0.25) is 0 Å². The van der Waals surface area contributed by atoms with E-state index in [9.17, 15) is 0 Å². The zero-order valence-corrected chi connectivity index (χ0v) is 8.55. The average molecular weight is 210 g/mol. The van der Waals surface area contributed by atoms with Gasteiger partial charge in [-0.05, 0) is 18.9 Å². The maximum Gasteiger partial charge on any atom is 0.142 e. The molecule has 1 fully saturated rings. The van der Waals surface area contributed by atoms with Gasteiger partial charge in [-0.15, -0.1) is 0 Å². The van der Waals surface area contributed by atoms with Crippen LogP contribution in [0.15, 0.2) is 18.2 Å². The van der Waals surface area contributed by atoms with Gasteiger partial charge in [-0.25, -0.2) is 0 Å². The monoisotopic (exact) mass is 209 g/mol. The molecule has 0 spiro atoms. The number of ether oxygens (including phenoxy) is 1. The van der Waals surface area contributed by atoms with Gasteiger partial charge in [0.15, 0.2) is 0 Å². The molecule has 1 aromatic carbocycles. The number of halogens is 1. The minimum atomic E-state index is 0.344. The van der Waals surface area contributed by atoms with Crippen molar-refractivity contribution in [1.82, 2.24) is 5.32 Å². The molecule has 0 bridgehead atoms. The molecule has 1 atom stereocenters. The minimum Gasteiger partial charge on any atom is -0.490 e. The van der Waals surface area contributed by atoms with Crippen molar-refractivity contribution >= 4 is 11.6 Å². The summed E-state index contributed by atoms with van der Waals surface area (Å²) in [6.45, 7) is 0.718. The van der Waals surface area contributed by atoms with Crippen LogP contribution in [0.4, 0.5) is 0 Å². The van der Waals surface area contributed by atoms with Crippen LogP contribution in [-0.2, 0) is 0 Å². The van der Waals surface area contributed by atoms with Crippen molar-refractivity contribution in [1.29, 1.82) is 0 Å². The quantitative estimate of drug-likeness (QED) is 0.808. The number of hydrogen-bond donors (Lipinski definition) is 1. The van der Waals surface area contributed by atoms with Crippen molar-refractivity contribution in [2.45, 2.75) is 24.9 Å². The number of nitrogens with one attached hydrogen (secondary N) is 1. The third-order valence-electron chi connectivity index (χ3n) is 2.78. The molecule has 1 heterocycles. The Balaban J connectivity index is 1.89. The van der Waals surface area contributed by atoms with Crippen LogP contribution in [-0.4, -0.2) is 12.6 Å². The maximum atomic E-state index is 6.03. The first-order valence-corrected chi connectivity index (χ1v) is 5.39. The first-order valence-electron chi connectivity index (χ1n) is 5.02. The fraction of sp³-hybridized carbons (Fsp3) is 0.455. The summed E-state index contributed by atoms with van der Waals surface area (Å²) in [5.41, 5.74) is 1.21. The molecule has 1 aliphatic carbocycles. The fourth-order valence-corrected chi connectivity index (χ4v) is 2.12. The molecular weight excluding hydrogens is 198 g/mol. The number of fused-ring (bicyclic) bond motifs is 1. The van der Waals surface area contributed by atoms with E-state index in [4.69, 9.17) is 16.3 Å². The molecule has 1 aromatic rings. The van der Waals surface area contributed by atoms with Crippen LogP contribution in [0.2, 0.25) is 5.02 Å². The Hall–Kier alpha value is -0.730. The molecule has 1 N–H and O–H groups in total. The van der Waals surface area contributed by atoms with Crippen molar-refractivity contribution in [3.05, 3.63) is 28.8 Å². The Bertz CT molecular complexity index is 362. The maximum absolute atomic E-state index is 6.03. The van der Waals surface area contributed by atoms with Crippen molar-refractivity contribution in [2.75, 3.05) is 6.61 Å². The van der Waals surface area contributed by atoms with Gasteiger partial charge >= 0.3 is 0 Å². The van der Waals surface area contributed by atoms with E-state index in [2.05, 4.69) is 11.4 Å². The lowest BCUT2D eigenvalue weighted by Gasteiger charge is -2.09. The van der Waals surface area contributed by atoms with Crippen LogP contribution in [0.3, 0.4) is 0 Å². The van der Waals surface area contributed by atoms with Crippen LogP contribution < -0.4 is 10.1 Å². The van der Waals surface area contributed by atoms with Crippen LogP contribution in [0.25, 0.3) is 0 Å².